The van der Waals surface area contributed by atoms with Crippen LogP contribution in [0.25, 0.3) is 0 Å². The van der Waals surface area contributed by atoms with Gasteiger partial charge in [0.15, 0.2) is 0 Å². The van der Waals surface area contributed by atoms with Gasteiger partial charge in [0, 0.05) is 6.04 Å². The molecule has 0 saturated heterocycles. The Bertz CT molecular complexity index is 166. The number of hydrogen-bond donors (Lipinski definition) is 0. The Hall–Kier alpha value is -0.560. The Balaban J connectivity index is 2.50. The number of nitrogens with zero attached hydrogens (tertiary/aromatic N) is 1. The van der Waals surface area contributed by atoms with Gasteiger partial charge in [-0.25, -0.2) is 0 Å². The van der Waals surface area contributed by atoms with Crippen LogP contribution in [0.4, 0.5) is 0 Å². The molecule has 0 radical (unpaired) electrons. The zero-order valence-electron chi connectivity index (χ0n) is 6.96. The van der Waals surface area contributed by atoms with Gasteiger partial charge in [0.2, 0.25) is 0 Å². The van der Waals surface area contributed by atoms with E-state index in [1.54, 1.807) is 0 Å². The summed E-state index contributed by atoms with van der Waals surface area (Å²) in [6, 6.07) is 0.593. The maximum Gasteiger partial charge on any atom is 0.0279 e. The van der Waals surface area contributed by atoms with Gasteiger partial charge < -0.3 is 4.90 Å². The second-order valence-corrected chi connectivity index (χ2v) is 3.01. The molecule has 0 amide bonds. The molecule has 1 aliphatic carbocycles. The molecular weight excluding hydrogens is 122 g/mol. The van der Waals surface area contributed by atoms with Crippen LogP contribution in [0.3, 0.4) is 0 Å². The molecule has 0 aromatic rings. The molecule has 1 aliphatic rings. The van der Waals surface area contributed by atoms with Crippen molar-refractivity contribution in [2.24, 2.45) is 0 Å². The van der Waals surface area contributed by atoms with Crippen molar-refractivity contribution < 1.29 is 0 Å². The Labute approximate surface area is 63.0 Å². The molecule has 1 heteroatoms. The SMILES string of the molecule is C[C@@H](C1=CC=CC1)N(C)C. The molecule has 1 atom stereocenters. The van der Waals surface area contributed by atoms with Crippen LogP contribution in [0.5, 0.6) is 0 Å². The van der Waals surface area contributed by atoms with Crippen LogP contribution < -0.4 is 0 Å². The van der Waals surface area contributed by atoms with Gasteiger partial charge in [-0.05, 0) is 33.0 Å². The predicted octanol–water partition coefficient (Wildman–Crippen LogP) is 1.82. The fourth-order valence-electron chi connectivity index (χ4n) is 1.11. The molecule has 0 aliphatic heterocycles. The first-order chi connectivity index (χ1) is 4.72. The number of rotatable bonds is 2. The van der Waals surface area contributed by atoms with Crippen molar-refractivity contribution in [2.45, 2.75) is 19.4 Å². The Morgan fingerprint density at radius 3 is 2.60 bits per heavy atom. The summed E-state index contributed by atoms with van der Waals surface area (Å²) >= 11 is 0. The summed E-state index contributed by atoms with van der Waals surface area (Å²) in [5.74, 6) is 0. The third kappa shape index (κ3) is 1.48. The number of likely N-dealkylation sites (N-methyl/N-ethyl adjacent to an activating group) is 1. The largest absolute Gasteiger partial charge is 0.303 e. The highest BCUT2D eigenvalue weighted by atomic mass is 15.1. The fraction of sp³-hybridized carbons (Fsp3) is 0.556. The van der Waals surface area contributed by atoms with E-state index in [2.05, 4.69) is 44.1 Å². The highest BCUT2D eigenvalue weighted by molar-refractivity contribution is 5.26. The topological polar surface area (TPSA) is 3.24 Å². The molecule has 0 bridgehead atoms. The van der Waals surface area contributed by atoms with E-state index in [1.165, 1.54) is 5.57 Å². The lowest BCUT2D eigenvalue weighted by molar-refractivity contribution is 0.348. The molecule has 1 nitrogen and oxygen atoms in total. The van der Waals surface area contributed by atoms with Gasteiger partial charge in [0.05, 0.1) is 0 Å². The highest BCUT2D eigenvalue weighted by Gasteiger charge is 2.10. The fourth-order valence-corrected chi connectivity index (χ4v) is 1.11. The highest BCUT2D eigenvalue weighted by Crippen LogP contribution is 2.16. The van der Waals surface area contributed by atoms with Crippen LogP contribution in [0.15, 0.2) is 23.8 Å². The number of allylic oxidation sites excluding steroid dienone is 3. The predicted molar refractivity (Wildman–Crippen MR) is 45.0 cm³/mol. The average molecular weight is 137 g/mol. The molecule has 0 unspecified atom stereocenters. The Kier molecular flexibility index (Phi) is 2.28. The first kappa shape index (κ1) is 7.55. The standard InChI is InChI=1S/C9H15N/c1-8(10(2)3)9-6-4-5-7-9/h4-6,8H,7H2,1-3H3/t8-/m0/s1. The van der Waals surface area contributed by atoms with Gasteiger partial charge in [-0.1, -0.05) is 18.2 Å². The van der Waals surface area contributed by atoms with Crippen LogP contribution in [-0.2, 0) is 0 Å². The van der Waals surface area contributed by atoms with Gasteiger partial charge in [-0.15, -0.1) is 0 Å². The van der Waals surface area contributed by atoms with E-state index in [4.69, 9.17) is 0 Å². The van der Waals surface area contributed by atoms with Crippen molar-refractivity contribution in [2.75, 3.05) is 14.1 Å². The third-order valence-corrected chi connectivity index (χ3v) is 2.11. The minimum Gasteiger partial charge on any atom is -0.303 e. The lowest BCUT2D eigenvalue weighted by Crippen LogP contribution is -2.25. The van der Waals surface area contributed by atoms with Gasteiger partial charge in [0.1, 0.15) is 0 Å². The van der Waals surface area contributed by atoms with Crippen LogP contribution in [-0.4, -0.2) is 25.0 Å². The van der Waals surface area contributed by atoms with Crippen molar-refractivity contribution in [1.82, 2.24) is 4.90 Å². The molecule has 0 aromatic carbocycles. The first-order valence-corrected chi connectivity index (χ1v) is 3.74. The van der Waals surface area contributed by atoms with Gasteiger partial charge >= 0.3 is 0 Å². The van der Waals surface area contributed by atoms with Crippen molar-refractivity contribution in [3.63, 3.8) is 0 Å². The molecule has 56 valence electrons. The summed E-state index contributed by atoms with van der Waals surface area (Å²) in [6.45, 7) is 2.23. The lowest BCUT2D eigenvalue weighted by atomic mass is 10.1. The summed E-state index contributed by atoms with van der Waals surface area (Å²) < 4.78 is 0. The minimum atomic E-state index is 0.593. The van der Waals surface area contributed by atoms with E-state index < -0.39 is 0 Å². The van der Waals surface area contributed by atoms with Crippen LogP contribution in [0, 0.1) is 0 Å². The monoisotopic (exact) mass is 137 g/mol. The van der Waals surface area contributed by atoms with E-state index in [9.17, 15) is 0 Å². The van der Waals surface area contributed by atoms with Crippen molar-refractivity contribution in [3.8, 4) is 0 Å². The third-order valence-electron chi connectivity index (χ3n) is 2.11. The lowest BCUT2D eigenvalue weighted by Gasteiger charge is -2.20. The van der Waals surface area contributed by atoms with E-state index in [0.717, 1.165) is 6.42 Å². The van der Waals surface area contributed by atoms with E-state index in [0.29, 0.717) is 6.04 Å². The van der Waals surface area contributed by atoms with Crippen LogP contribution in [0.1, 0.15) is 13.3 Å². The van der Waals surface area contributed by atoms with E-state index in [1.807, 2.05) is 0 Å². The molecule has 0 fully saturated rings. The Morgan fingerprint density at radius 1 is 1.50 bits per heavy atom. The zero-order valence-corrected chi connectivity index (χ0v) is 6.96. The smallest absolute Gasteiger partial charge is 0.0279 e. The molecule has 0 aromatic heterocycles. The molecule has 0 spiro atoms. The first-order valence-electron chi connectivity index (χ1n) is 3.74. The maximum atomic E-state index is 2.23. The molecule has 0 saturated carbocycles. The van der Waals surface area contributed by atoms with Gasteiger partial charge in [-0.2, -0.15) is 0 Å². The molecule has 0 heterocycles. The number of hydrogen-bond acceptors (Lipinski definition) is 1. The quantitative estimate of drug-likeness (QED) is 0.561. The summed E-state index contributed by atoms with van der Waals surface area (Å²) in [4.78, 5) is 2.23. The van der Waals surface area contributed by atoms with Crippen molar-refractivity contribution in [3.05, 3.63) is 23.8 Å². The maximum absolute atomic E-state index is 2.23. The van der Waals surface area contributed by atoms with Gasteiger partial charge in [-0.3, -0.25) is 0 Å². The molecule has 10 heavy (non-hydrogen) atoms. The average Bonchev–Trinajstić information content (AvgIpc) is 2.36. The normalized spacial score (nSPS) is 19.8. The van der Waals surface area contributed by atoms with Crippen molar-refractivity contribution >= 4 is 0 Å². The molecule has 1 rings (SSSR count). The molecular formula is C9H15N. The summed E-state index contributed by atoms with van der Waals surface area (Å²) in [7, 11) is 4.23. The second-order valence-electron chi connectivity index (χ2n) is 3.01. The van der Waals surface area contributed by atoms with Crippen LogP contribution >= 0.6 is 0 Å². The summed E-state index contributed by atoms with van der Waals surface area (Å²) in [5, 5.41) is 0. The van der Waals surface area contributed by atoms with E-state index >= 15 is 0 Å². The summed E-state index contributed by atoms with van der Waals surface area (Å²) in [5.41, 5.74) is 1.52. The van der Waals surface area contributed by atoms with E-state index in [-0.39, 0.29) is 0 Å². The molecule has 0 N–H and O–H groups in total. The Morgan fingerprint density at radius 2 is 2.20 bits per heavy atom. The summed E-state index contributed by atoms with van der Waals surface area (Å²) in [6.07, 6.45) is 7.69. The van der Waals surface area contributed by atoms with Gasteiger partial charge in [0.25, 0.3) is 0 Å². The van der Waals surface area contributed by atoms with Crippen molar-refractivity contribution in [1.29, 1.82) is 0 Å². The zero-order chi connectivity index (χ0) is 7.56. The van der Waals surface area contributed by atoms with Crippen LogP contribution in [0.2, 0.25) is 0 Å². The second kappa shape index (κ2) is 3.02. The minimum absolute atomic E-state index is 0.593.